The number of tetrazole rings is 1. The van der Waals surface area contributed by atoms with Crippen LogP contribution in [-0.4, -0.2) is 47.4 Å². The Labute approximate surface area is 203 Å². The van der Waals surface area contributed by atoms with Gasteiger partial charge in [0.05, 0.1) is 21.3 Å². The number of aryl methyl sites for hydroxylation is 2. The summed E-state index contributed by atoms with van der Waals surface area (Å²) >= 11 is 0. The second-order valence-electron chi connectivity index (χ2n) is 8.46. The van der Waals surface area contributed by atoms with E-state index in [1.54, 1.807) is 19.2 Å². The van der Waals surface area contributed by atoms with Gasteiger partial charge in [0.2, 0.25) is 5.91 Å². The van der Waals surface area contributed by atoms with Crippen LogP contribution >= 0.6 is 0 Å². The van der Waals surface area contributed by atoms with Crippen LogP contribution in [0.3, 0.4) is 0 Å². The van der Waals surface area contributed by atoms with Crippen molar-refractivity contribution >= 4 is 11.6 Å². The Hall–Kier alpha value is -2.84. The van der Waals surface area contributed by atoms with Crippen LogP contribution < -0.4 is 19.5 Å². The highest BCUT2D eigenvalue weighted by molar-refractivity contribution is 5.94. The highest BCUT2D eigenvalue weighted by Crippen LogP contribution is 2.38. The molecule has 0 spiro atoms. The van der Waals surface area contributed by atoms with E-state index in [4.69, 9.17) is 14.2 Å². The van der Waals surface area contributed by atoms with Crippen LogP contribution in [0.15, 0.2) is 12.1 Å². The average Bonchev–Trinajstić information content (AvgIpc) is 3.31. The fourth-order valence-electron chi connectivity index (χ4n) is 3.88. The van der Waals surface area contributed by atoms with Crippen LogP contribution in [0, 0.1) is 0 Å². The fourth-order valence-corrected chi connectivity index (χ4v) is 3.88. The molecule has 0 saturated carbocycles. The van der Waals surface area contributed by atoms with Crippen molar-refractivity contribution in [2.75, 3.05) is 26.6 Å². The maximum atomic E-state index is 12.6. The molecule has 0 aliphatic carbocycles. The molecule has 1 N–H and O–H groups in total. The number of amides is 1. The standard InChI is InChI=1S/C25H41N5O4/c1-5-6-7-8-9-10-11-12-13-14-17-30-23(27-28-29-30)15-16-24(31)26-25-21(33-3)18-20(32-2)19-22(25)34-4/h18-19H,5-17H2,1-4H3,(H,26,31). The molecular weight excluding hydrogens is 434 g/mol. The van der Waals surface area contributed by atoms with Gasteiger partial charge in [0.25, 0.3) is 0 Å². The van der Waals surface area contributed by atoms with Gasteiger partial charge in [0.1, 0.15) is 22.9 Å². The number of unbranched alkanes of at least 4 members (excludes halogenated alkanes) is 9. The molecule has 1 heterocycles. The van der Waals surface area contributed by atoms with Crippen molar-refractivity contribution in [2.45, 2.75) is 90.5 Å². The molecule has 0 aliphatic heterocycles. The van der Waals surface area contributed by atoms with Gasteiger partial charge in [-0.2, -0.15) is 0 Å². The molecule has 9 heteroatoms. The van der Waals surface area contributed by atoms with Gasteiger partial charge in [-0.1, -0.05) is 64.7 Å². The third-order valence-corrected chi connectivity index (χ3v) is 5.88. The lowest BCUT2D eigenvalue weighted by atomic mass is 10.1. The number of anilines is 1. The zero-order valence-corrected chi connectivity index (χ0v) is 21.3. The smallest absolute Gasteiger partial charge is 0.225 e. The fraction of sp³-hybridized carbons (Fsp3) is 0.680. The zero-order chi connectivity index (χ0) is 24.6. The molecule has 9 nitrogen and oxygen atoms in total. The summed E-state index contributed by atoms with van der Waals surface area (Å²) in [5, 5.41) is 14.9. The summed E-state index contributed by atoms with van der Waals surface area (Å²) in [6.07, 6.45) is 13.6. The molecule has 0 aliphatic rings. The minimum Gasteiger partial charge on any atom is -0.496 e. The van der Waals surface area contributed by atoms with E-state index in [1.807, 2.05) is 4.68 Å². The maximum absolute atomic E-state index is 12.6. The Balaban J connectivity index is 1.74. The van der Waals surface area contributed by atoms with Crippen LogP contribution in [0.4, 0.5) is 5.69 Å². The lowest BCUT2D eigenvalue weighted by molar-refractivity contribution is -0.116. The van der Waals surface area contributed by atoms with Gasteiger partial charge in [0.15, 0.2) is 5.82 Å². The summed E-state index contributed by atoms with van der Waals surface area (Å²) in [4.78, 5) is 12.6. The number of ether oxygens (including phenoxy) is 3. The van der Waals surface area contributed by atoms with Gasteiger partial charge in [-0.05, 0) is 16.8 Å². The second kappa shape index (κ2) is 15.9. The first-order valence-corrected chi connectivity index (χ1v) is 12.5. The number of hydrogen-bond donors (Lipinski definition) is 1. The molecule has 34 heavy (non-hydrogen) atoms. The van der Waals surface area contributed by atoms with Crippen LogP contribution in [0.25, 0.3) is 0 Å². The van der Waals surface area contributed by atoms with Crippen LogP contribution in [-0.2, 0) is 17.8 Å². The van der Waals surface area contributed by atoms with Gasteiger partial charge in [-0.15, -0.1) is 5.10 Å². The van der Waals surface area contributed by atoms with Crippen molar-refractivity contribution in [1.82, 2.24) is 20.2 Å². The quantitative estimate of drug-likeness (QED) is 0.296. The molecule has 2 rings (SSSR count). The number of methoxy groups -OCH3 is 3. The Bertz CT molecular complexity index is 831. The molecule has 1 amide bonds. The molecular formula is C25H41N5O4. The first-order chi connectivity index (χ1) is 16.6. The second-order valence-corrected chi connectivity index (χ2v) is 8.46. The SMILES string of the molecule is CCCCCCCCCCCCn1nnnc1CCC(=O)Nc1c(OC)cc(OC)cc1OC. The van der Waals surface area contributed by atoms with Gasteiger partial charge in [0, 0.05) is 31.5 Å². The number of carbonyl (C=O) groups excluding carboxylic acids is 1. The van der Waals surface area contributed by atoms with Crippen LogP contribution in [0.1, 0.15) is 83.4 Å². The number of nitrogens with one attached hydrogen (secondary N) is 1. The Morgan fingerprint density at radius 3 is 2.03 bits per heavy atom. The largest absolute Gasteiger partial charge is 0.496 e. The van der Waals surface area contributed by atoms with E-state index in [-0.39, 0.29) is 12.3 Å². The van der Waals surface area contributed by atoms with Gasteiger partial charge in [-0.25, -0.2) is 4.68 Å². The third-order valence-electron chi connectivity index (χ3n) is 5.88. The zero-order valence-electron chi connectivity index (χ0n) is 21.3. The Kier molecular flexibility index (Phi) is 12.8. The topological polar surface area (TPSA) is 100 Å². The Morgan fingerprint density at radius 2 is 1.47 bits per heavy atom. The van der Waals surface area contributed by atoms with Gasteiger partial charge >= 0.3 is 0 Å². The van der Waals surface area contributed by atoms with E-state index in [0.717, 1.165) is 18.8 Å². The monoisotopic (exact) mass is 475 g/mol. The number of aromatic nitrogens is 4. The van der Waals surface area contributed by atoms with Crippen molar-refractivity contribution < 1.29 is 19.0 Å². The Morgan fingerprint density at radius 1 is 0.882 bits per heavy atom. The van der Waals surface area contributed by atoms with Crippen LogP contribution in [0.2, 0.25) is 0 Å². The first-order valence-electron chi connectivity index (χ1n) is 12.5. The lowest BCUT2D eigenvalue weighted by Gasteiger charge is -2.15. The number of nitrogens with zero attached hydrogens (tertiary/aromatic N) is 4. The summed E-state index contributed by atoms with van der Waals surface area (Å²) in [6, 6.07) is 3.40. The van der Waals surface area contributed by atoms with E-state index in [0.29, 0.717) is 29.4 Å². The molecule has 0 unspecified atom stereocenters. The number of rotatable bonds is 18. The van der Waals surface area contributed by atoms with Gasteiger partial charge in [-0.3, -0.25) is 4.79 Å². The first kappa shape index (κ1) is 27.4. The van der Waals surface area contributed by atoms with Crippen molar-refractivity contribution in [1.29, 1.82) is 0 Å². The predicted molar refractivity (Wildman–Crippen MR) is 133 cm³/mol. The lowest BCUT2D eigenvalue weighted by Crippen LogP contribution is -2.16. The minimum atomic E-state index is -0.171. The maximum Gasteiger partial charge on any atom is 0.225 e. The summed E-state index contributed by atoms with van der Waals surface area (Å²) < 4.78 is 17.8. The summed E-state index contributed by atoms with van der Waals surface area (Å²) in [6.45, 7) is 3.03. The molecule has 1 aromatic heterocycles. The van der Waals surface area contributed by atoms with Gasteiger partial charge < -0.3 is 19.5 Å². The van der Waals surface area contributed by atoms with E-state index in [2.05, 4.69) is 27.8 Å². The van der Waals surface area contributed by atoms with E-state index in [1.165, 1.54) is 72.0 Å². The van der Waals surface area contributed by atoms with E-state index in [9.17, 15) is 4.79 Å². The molecule has 190 valence electrons. The minimum absolute atomic E-state index is 0.171. The third kappa shape index (κ3) is 9.19. The van der Waals surface area contributed by atoms with E-state index < -0.39 is 0 Å². The highest BCUT2D eigenvalue weighted by atomic mass is 16.5. The van der Waals surface area contributed by atoms with Crippen LogP contribution in [0.5, 0.6) is 17.2 Å². The summed E-state index contributed by atoms with van der Waals surface area (Å²) in [5.74, 6) is 2.07. The molecule has 0 atom stereocenters. The van der Waals surface area contributed by atoms with E-state index >= 15 is 0 Å². The normalized spacial score (nSPS) is 10.8. The van der Waals surface area contributed by atoms with Crippen molar-refractivity contribution in [3.8, 4) is 17.2 Å². The highest BCUT2D eigenvalue weighted by Gasteiger charge is 2.17. The molecule has 0 saturated heterocycles. The predicted octanol–water partition coefficient (Wildman–Crippen LogP) is 5.19. The summed E-state index contributed by atoms with van der Waals surface area (Å²) in [7, 11) is 4.63. The van der Waals surface area contributed by atoms with Crippen molar-refractivity contribution in [3.63, 3.8) is 0 Å². The number of carbonyl (C=O) groups is 1. The molecule has 2 aromatic rings. The summed E-state index contributed by atoms with van der Waals surface area (Å²) in [5.41, 5.74) is 0.473. The molecule has 0 fully saturated rings. The molecule has 0 bridgehead atoms. The van der Waals surface area contributed by atoms with Crippen molar-refractivity contribution in [3.05, 3.63) is 18.0 Å². The number of hydrogen-bond acceptors (Lipinski definition) is 7. The molecule has 1 aromatic carbocycles. The molecule has 0 radical (unpaired) electrons. The number of benzene rings is 1. The average molecular weight is 476 g/mol. The van der Waals surface area contributed by atoms with Crippen molar-refractivity contribution in [2.24, 2.45) is 0 Å².